The van der Waals surface area contributed by atoms with Gasteiger partial charge in [-0.05, 0) is 12.1 Å². The molecule has 0 radical (unpaired) electrons. The molecule has 0 saturated heterocycles. The summed E-state index contributed by atoms with van der Waals surface area (Å²) in [7, 11) is 0. The van der Waals surface area contributed by atoms with Crippen molar-refractivity contribution >= 4 is 45.7 Å². The van der Waals surface area contributed by atoms with E-state index in [2.05, 4.69) is 20.3 Å². The van der Waals surface area contributed by atoms with Gasteiger partial charge in [-0.1, -0.05) is 47.5 Å². The van der Waals surface area contributed by atoms with Crippen LogP contribution >= 0.6 is 23.2 Å². The number of amides is 1. The zero-order chi connectivity index (χ0) is 14.8. The van der Waals surface area contributed by atoms with Crippen LogP contribution in [0.3, 0.4) is 0 Å². The first-order chi connectivity index (χ1) is 10.1. The lowest BCUT2D eigenvalue weighted by molar-refractivity contribution is 0.102. The maximum Gasteiger partial charge on any atom is 0.274 e. The Morgan fingerprint density at radius 1 is 1.00 bits per heavy atom. The molecule has 0 aliphatic heterocycles. The first kappa shape index (κ1) is 13.7. The van der Waals surface area contributed by atoms with Crippen molar-refractivity contribution in [3.8, 4) is 0 Å². The van der Waals surface area contributed by atoms with E-state index in [1.54, 1.807) is 6.07 Å². The molecule has 0 aliphatic rings. The van der Waals surface area contributed by atoms with Crippen molar-refractivity contribution in [2.24, 2.45) is 0 Å². The average Bonchev–Trinajstić information content (AvgIpc) is 2.50. The van der Waals surface area contributed by atoms with Crippen molar-refractivity contribution in [2.45, 2.75) is 0 Å². The van der Waals surface area contributed by atoms with Crippen molar-refractivity contribution < 1.29 is 4.79 Å². The summed E-state index contributed by atoms with van der Waals surface area (Å²) in [5, 5.41) is 3.67. The third-order valence-electron chi connectivity index (χ3n) is 2.82. The summed E-state index contributed by atoms with van der Waals surface area (Å²) in [4.78, 5) is 24.1. The summed E-state index contributed by atoms with van der Waals surface area (Å²) in [6, 6.07) is 11.0. The molecule has 5 nitrogen and oxygen atoms in total. The summed E-state index contributed by atoms with van der Waals surface area (Å²) in [5.41, 5.74) is 1.15. The highest BCUT2D eigenvalue weighted by molar-refractivity contribution is 6.38. The van der Waals surface area contributed by atoms with E-state index in [1.165, 1.54) is 6.33 Å². The number of pyridine rings is 1. The molecule has 0 spiro atoms. The second kappa shape index (κ2) is 5.63. The number of halogens is 2. The summed E-state index contributed by atoms with van der Waals surface area (Å²) in [5.74, 6) is -0.431. The number of para-hydroxylation sites is 1. The number of benzene rings is 1. The number of carbonyl (C=O) groups is 1. The van der Waals surface area contributed by atoms with Gasteiger partial charge in [-0.3, -0.25) is 4.79 Å². The first-order valence-electron chi connectivity index (χ1n) is 5.98. The Hall–Kier alpha value is -2.24. The molecule has 0 saturated carbocycles. The normalized spacial score (nSPS) is 10.6. The van der Waals surface area contributed by atoms with Crippen LogP contribution in [-0.4, -0.2) is 20.9 Å². The van der Waals surface area contributed by atoms with Gasteiger partial charge < -0.3 is 5.32 Å². The van der Waals surface area contributed by atoms with Gasteiger partial charge in [0.1, 0.15) is 17.7 Å². The molecule has 1 aromatic carbocycles. The fraction of sp³-hybridized carbons (Fsp3) is 0. The van der Waals surface area contributed by atoms with Gasteiger partial charge >= 0.3 is 0 Å². The molecule has 104 valence electrons. The predicted molar refractivity (Wildman–Crippen MR) is 81.7 cm³/mol. The lowest BCUT2D eigenvalue weighted by Gasteiger charge is -2.07. The van der Waals surface area contributed by atoms with Crippen LogP contribution in [0.2, 0.25) is 10.3 Å². The average molecular weight is 319 g/mol. The van der Waals surface area contributed by atoms with Gasteiger partial charge in [0.2, 0.25) is 0 Å². The number of hydrogen-bond acceptors (Lipinski definition) is 4. The second-order valence-electron chi connectivity index (χ2n) is 4.17. The zero-order valence-electron chi connectivity index (χ0n) is 10.5. The highest BCUT2D eigenvalue weighted by Gasteiger charge is 2.14. The van der Waals surface area contributed by atoms with E-state index in [0.29, 0.717) is 0 Å². The molecule has 21 heavy (non-hydrogen) atoms. The van der Waals surface area contributed by atoms with Crippen molar-refractivity contribution in [1.82, 2.24) is 15.0 Å². The van der Waals surface area contributed by atoms with Crippen LogP contribution < -0.4 is 5.32 Å². The van der Waals surface area contributed by atoms with Gasteiger partial charge in [0, 0.05) is 5.39 Å². The number of fused-ring (bicyclic) bond motifs is 1. The van der Waals surface area contributed by atoms with Crippen LogP contribution in [0.25, 0.3) is 10.9 Å². The number of hydrogen-bond donors (Lipinski definition) is 1. The number of anilines is 1. The molecule has 7 heteroatoms. The Labute approximate surface area is 130 Å². The van der Waals surface area contributed by atoms with Crippen molar-refractivity contribution in [2.75, 3.05) is 5.32 Å². The fourth-order valence-electron chi connectivity index (χ4n) is 1.82. The Bertz CT molecular complexity index is 818. The minimum atomic E-state index is -0.431. The topological polar surface area (TPSA) is 67.8 Å². The van der Waals surface area contributed by atoms with Crippen molar-refractivity contribution in [3.63, 3.8) is 0 Å². The third kappa shape index (κ3) is 2.79. The minimum Gasteiger partial charge on any atom is -0.315 e. The number of nitrogens with zero attached hydrogens (tertiary/aromatic N) is 3. The Balaban J connectivity index is 1.94. The van der Waals surface area contributed by atoms with Gasteiger partial charge in [0.15, 0.2) is 10.3 Å². The molecule has 0 fully saturated rings. The number of rotatable bonds is 2. The molecule has 0 bridgehead atoms. The molecular formula is C14H8Cl2N4O. The number of carbonyl (C=O) groups excluding carboxylic acids is 1. The van der Waals surface area contributed by atoms with Crippen molar-refractivity contribution in [1.29, 1.82) is 0 Å². The fourth-order valence-corrected chi connectivity index (χ4v) is 2.23. The Morgan fingerprint density at radius 2 is 1.71 bits per heavy atom. The van der Waals surface area contributed by atoms with Gasteiger partial charge in [0.05, 0.1) is 5.52 Å². The molecule has 0 atom stereocenters. The zero-order valence-corrected chi connectivity index (χ0v) is 12.1. The third-order valence-corrected chi connectivity index (χ3v) is 3.40. The quantitative estimate of drug-likeness (QED) is 0.733. The molecule has 0 aliphatic carbocycles. The van der Waals surface area contributed by atoms with E-state index in [1.807, 2.05) is 30.3 Å². The molecule has 1 amide bonds. The van der Waals surface area contributed by atoms with E-state index >= 15 is 0 Å². The smallest absolute Gasteiger partial charge is 0.274 e. The van der Waals surface area contributed by atoms with Gasteiger partial charge in [0.25, 0.3) is 5.91 Å². The Morgan fingerprint density at radius 3 is 2.48 bits per heavy atom. The minimum absolute atomic E-state index is 0.0733. The summed E-state index contributed by atoms with van der Waals surface area (Å²) in [6.07, 6.45) is 1.22. The summed E-state index contributed by atoms with van der Waals surface area (Å²) >= 11 is 11.8. The van der Waals surface area contributed by atoms with Gasteiger partial charge in [-0.15, -0.1) is 0 Å². The molecule has 0 unspecified atom stereocenters. The van der Waals surface area contributed by atoms with E-state index < -0.39 is 5.91 Å². The first-order valence-corrected chi connectivity index (χ1v) is 6.74. The SMILES string of the molecule is O=C(Nc1c(Cl)ncnc1Cl)c1ccc2ccccc2n1. The van der Waals surface area contributed by atoms with Crippen LogP contribution in [-0.2, 0) is 0 Å². The van der Waals surface area contributed by atoms with E-state index in [-0.39, 0.29) is 21.7 Å². The standard InChI is InChI=1S/C14H8Cl2N4O/c15-12-11(13(16)18-7-17-12)20-14(21)10-6-5-8-3-1-2-4-9(8)19-10/h1-7H,(H,20,21). The molecular weight excluding hydrogens is 311 g/mol. The molecule has 2 heterocycles. The van der Waals surface area contributed by atoms with Crippen molar-refractivity contribution in [3.05, 3.63) is 58.7 Å². The maximum atomic E-state index is 12.2. The van der Waals surface area contributed by atoms with Crippen LogP contribution in [0.4, 0.5) is 5.69 Å². The van der Waals surface area contributed by atoms with Crippen LogP contribution in [0.15, 0.2) is 42.7 Å². The lowest BCUT2D eigenvalue weighted by Crippen LogP contribution is -2.15. The van der Waals surface area contributed by atoms with E-state index in [4.69, 9.17) is 23.2 Å². The summed E-state index contributed by atoms with van der Waals surface area (Å²) < 4.78 is 0. The monoisotopic (exact) mass is 318 g/mol. The lowest BCUT2D eigenvalue weighted by atomic mass is 10.2. The van der Waals surface area contributed by atoms with Gasteiger partial charge in [-0.2, -0.15) is 0 Å². The van der Waals surface area contributed by atoms with Crippen LogP contribution in [0, 0.1) is 0 Å². The number of nitrogens with one attached hydrogen (secondary N) is 1. The molecule has 2 aromatic heterocycles. The highest BCUT2D eigenvalue weighted by atomic mass is 35.5. The van der Waals surface area contributed by atoms with Crippen LogP contribution in [0.1, 0.15) is 10.5 Å². The predicted octanol–water partition coefficient (Wildman–Crippen LogP) is 3.58. The Kier molecular flexibility index (Phi) is 3.68. The molecule has 3 rings (SSSR count). The second-order valence-corrected chi connectivity index (χ2v) is 4.89. The number of aromatic nitrogens is 3. The summed E-state index contributed by atoms with van der Waals surface area (Å²) in [6.45, 7) is 0. The highest BCUT2D eigenvalue weighted by Crippen LogP contribution is 2.26. The van der Waals surface area contributed by atoms with E-state index in [9.17, 15) is 4.79 Å². The molecule has 3 aromatic rings. The molecule has 1 N–H and O–H groups in total. The largest absolute Gasteiger partial charge is 0.315 e. The van der Waals surface area contributed by atoms with E-state index in [0.717, 1.165) is 10.9 Å². The maximum absolute atomic E-state index is 12.2. The van der Waals surface area contributed by atoms with Gasteiger partial charge in [-0.25, -0.2) is 15.0 Å². The van der Waals surface area contributed by atoms with Crippen LogP contribution in [0.5, 0.6) is 0 Å².